The molecule has 1 aliphatic heterocycles. The lowest BCUT2D eigenvalue weighted by Gasteiger charge is -2.44. The maximum absolute atomic E-state index is 12.8. The highest BCUT2D eigenvalue weighted by atomic mass is 16.2. The number of rotatable bonds is 5. The Hall–Kier alpha value is -1.06. The molecule has 2 fully saturated rings. The summed E-state index contributed by atoms with van der Waals surface area (Å²) in [6, 6.07) is -0.240. The number of piperazine rings is 1. The van der Waals surface area contributed by atoms with Gasteiger partial charge in [-0.25, -0.2) is 0 Å². The lowest BCUT2D eigenvalue weighted by Crippen LogP contribution is -2.69. The van der Waals surface area contributed by atoms with Crippen LogP contribution in [0.2, 0.25) is 0 Å². The van der Waals surface area contributed by atoms with Gasteiger partial charge >= 0.3 is 0 Å². The van der Waals surface area contributed by atoms with Crippen LogP contribution in [0.4, 0.5) is 0 Å². The van der Waals surface area contributed by atoms with Crippen LogP contribution in [0.25, 0.3) is 0 Å². The average molecular weight is 266 g/mol. The largest absolute Gasteiger partial charge is 0.340 e. The summed E-state index contributed by atoms with van der Waals surface area (Å²) in [5.74, 6) is 0.246. The molecule has 1 saturated carbocycles. The summed E-state index contributed by atoms with van der Waals surface area (Å²) in [7, 11) is 0. The van der Waals surface area contributed by atoms with Crippen LogP contribution in [-0.2, 0) is 9.59 Å². The molecule has 2 amide bonds. The third-order valence-corrected chi connectivity index (χ3v) is 4.48. The van der Waals surface area contributed by atoms with Gasteiger partial charge in [0.05, 0.1) is 0 Å². The van der Waals surface area contributed by atoms with Crippen LogP contribution in [0.15, 0.2) is 0 Å². The number of amides is 2. The Morgan fingerprint density at radius 2 is 1.89 bits per heavy atom. The zero-order chi connectivity index (χ0) is 13.9. The SMILES string of the molecule is CCCCN1C(=O)C2(CCCC2)NC(=O)C1CCC. The molecule has 1 atom stereocenters. The molecular formula is C15H26N2O2. The van der Waals surface area contributed by atoms with Gasteiger partial charge in [0.15, 0.2) is 0 Å². The van der Waals surface area contributed by atoms with Crippen LogP contribution in [0, 0.1) is 0 Å². The summed E-state index contributed by atoms with van der Waals surface area (Å²) in [6.07, 6.45) is 7.47. The van der Waals surface area contributed by atoms with Crippen molar-refractivity contribution in [3.05, 3.63) is 0 Å². The molecule has 1 saturated heterocycles. The summed E-state index contributed by atoms with van der Waals surface area (Å²) in [5.41, 5.74) is -0.560. The minimum Gasteiger partial charge on any atom is -0.340 e. The minimum absolute atomic E-state index is 0.0689. The van der Waals surface area contributed by atoms with Gasteiger partial charge in [-0.05, 0) is 25.7 Å². The molecule has 0 radical (unpaired) electrons. The number of carbonyl (C=O) groups is 2. The van der Waals surface area contributed by atoms with Gasteiger partial charge < -0.3 is 10.2 Å². The third kappa shape index (κ3) is 2.63. The predicted molar refractivity (Wildman–Crippen MR) is 74.7 cm³/mol. The molecule has 1 spiro atoms. The molecule has 2 aliphatic rings. The van der Waals surface area contributed by atoms with Gasteiger partial charge in [0.25, 0.3) is 0 Å². The highest BCUT2D eigenvalue weighted by Crippen LogP contribution is 2.35. The second kappa shape index (κ2) is 5.93. The van der Waals surface area contributed by atoms with Gasteiger partial charge in [0.2, 0.25) is 11.8 Å². The van der Waals surface area contributed by atoms with E-state index in [1.54, 1.807) is 0 Å². The fraction of sp³-hybridized carbons (Fsp3) is 0.867. The quantitative estimate of drug-likeness (QED) is 0.829. The van der Waals surface area contributed by atoms with Crippen molar-refractivity contribution < 1.29 is 9.59 Å². The fourth-order valence-corrected chi connectivity index (χ4v) is 3.39. The Morgan fingerprint density at radius 3 is 2.47 bits per heavy atom. The van der Waals surface area contributed by atoms with Crippen LogP contribution in [0.1, 0.15) is 65.2 Å². The first-order valence-electron chi connectivity index (χ1n) is 7.77. The first-order chi connectivity index (χ1) is 9.14. The van der Waals surface area contributed by atoms with E-state index in [2.05, 4.69) is 19.2 Å². The van der Waals surface area contributed by atoms with Crippen molar-refractivity contribution in [2.75, 3.05) is 6.54 Å². The van der Waals surface area contributed by atoms with Gasteiger partial charge in [-0.2, -0.15) is 0 Å². The van der Waals surface area contributed by atoms with Crippen LogP contribution < -0.4 is 5.32 Å². The second-order valence-electron chi connectivity index (χ2n) is 5.94. The Labute approximate surface area is 115 Å². The van der Waals surface area contributed by atoms with Crippen molar-refractivity contribution in [2.24, 2.45) is 0 Å². The van der Waals surface area contributed by atoms with Crippen LogP contribution in [0.3, 0.4) is 0 Å². The highest BCUT2D eigenvalue weighted by Gasteiger charge is 2.51. The molecule has 2 rings (SSSR count). The molecule has 1 N–H and O–H groups in total. The Morgan fingerprint density at radius 1 is 1.21 bits per heavy atom. The van der Waals surface area contributed by atoms with Gasteiger partial charge in [-0.1, -0.05) is 39.5 Å². The minimum atomic E-state index is -0.560. The van der Waals surface area contributed by atoms with E-state index in [1.807, 2.05) is 4.90 Å². The summed E-state index contributed by atoms with van der Waals surface area (Å²) >= 11 is 0. The predicted octanol–water partition coefficient (Wildman–Crippen LogP) is 2.23. The smallest absolute Gasteiger partial charge is 0.249 e. The summed E-state index contributed by atoms with van der Waals surface area (Å²) in [6.45, 7) is 4.92. The molecule has 1 aliphatic carbocycles. The molecule has 1 unspecified atom stereocenters. The number of unbranched alkanes of at least 4 members (excludes halogenated alkanes) is 1. The van der Waals surface area contributed by atoms with Gasteiger partial charge in [-0.3, -0.25) is 9.59 Å². The van der Waals surface area contributed by atoms with E-state index in [4.69, 9.17) is 0 Å². The van der Waals surface area contributed by atoms with E-state index in [0.717, 1.165) is 57.9 Å². The fourth-order valence-electron chi connectivity index (χ4n) is 3.39. The first-order valence-corrected chi connectivity index (χ1v) is 7.77. The maximum atomic E-state index is 12.8. The van der Waals surface area contributed by atoms with Crippen molar-refractivity contribution in [3.63, 3.8) is 0 Å². The van der Waals surface area contributed by atoms with Crippen molar-refractivity contribution in [1.29, 1.82) is 0 Å². The van der Waals surface area contributed by atoms with Gasteiger partial charge in [0.1, 0.15) is 11.6 Å². The van der Waals surface area contributed by atoms with Crippen LogP contribution in [-0.4, -0.2) is 34.8 Å². The first kappa shape index (κ1) is 14.4. The van der Waals surface area contributed by atoms with Crippen molar-refractivity contribution >= 4 is 11.8 Å². The molecule has 0 aromatic rings. The van der Waals surface area contributed by atoms with Crippen molar-refractivity contribution in [3.8, 4) is 0 Å². The third-order valence-electron chi connectivity index (χ3n) is 4.48. The topological polar surface area (TPSA) is 49.4 Å². The molecular weight excluding hydrogens is 240 g/mol. The number of nitrogens with zero attached hydrogens (tertiary/aromatic N) is 1. The lowest BCUT2D eigenvalue weighted by atomic mass is 9.89. The number of carbonyl (C=O) groups excluding carboxylic acids is 2. The van der Waals surface area contributed by atoms with E-state index in [0.29, 0.717) is 0 Å². The van der Waals surface area contributed by atoms with E-state index in [9.17, 15) is 9.59 Å². The average Bonchev–Trinajstić information content (AvgIpc) is 2.85. The molecule has 4 nitrogen and oxygen atoms in total. The molecule has 0 aromatic carbocycles. The van der Waals surface area contributed by atoms with Crippen molar-refractivity contribution in [1.82, 2.24) is 10.2 Å². The van der Waals surface area contributed by atoms with Gasteiger partial charge in [0, 0.05) is 6.54 Å². The van der Waals surface area contributed by atoms with E-state index >= 15 is 0 Å². The monoisotopic (exact) mass is 266 g/mol. The normalized spacial score (nSPS) is 26.0. The molecule has 0 bridgehead atoms. The molecule has 4 heteroatoms. The highest BCUT2D eigenvalue weighted by molar-refractivity contribution is 6.00. The Balaban J connectivity index is 2.20. The second-order valence-corrected chi connectivity index (χ2v) is 5.94. The standard InChI is InChI=1S/C15H26N2O2/c1-3-5-11-17-12(8-4-2)13(18)16-15(14(17)19)9-6-7-10-15/h12H,3-11H2,1-2H3,(H,16,18). The molecule has 0 aromatic heterocycles. The Kier molecular flexibility index (Phi) is 4.48. The van der Waals surface area contributed by atoms with Crippen molar-refractivity contribution in [2.45, 2.75) is 76.8 Å². The summed E-state index contributed by atoms with van der Waals surface area (Å²) < 4.78 is 0. The summed E-state index contributed by atoms with van der Waals surface area (Å²) in [5, 5.41) is 3.05. The van der Waals surface area contributed by atoms with Gasteiger partial charge in [-0.15, -0.1) is 0 Å². The molecule has 19 heavy (non-hydrogen) atoms. The van der Waals surface area contributed by atoms with E-state index < -0.39 is 5.54 Å². The van der Waals surface area contributed by atoms with Crippen LogP contribution in [0.5, 0.6) is 0 Å². The maximum Gasteiger partial charge on any atom is 0.249 e. The number of hydrogen-bond donors (Lipinski definition) is 1. The van der Waals surface area contributed by atoms with E-state index in [-0.39, 0.29) is 17.9 Å². The number of nitrogens with one attached hydrogen (secondary N) is 1. The van der Waals surface area contributed by atoms with Crippen LogP contribution >= 0.6 is 0 Å². The molecule has 1 heterocycles. The zero-order valence-corrected chi connectivity index (χ0v) is 12.2. The summed E-state index contributed by atoms with van der Waals surface area (Å²) in [4.78, 5) is 27.0. The molecule has 108 valence electrons. The lowest BCUT2D eigenvalue weighted by molar-refractivity contribution is -0.155. The Bertz CT molecular complexity index is 348. The zero-order valence-electron chi connectivity index (χ0n) is 12.2. The number of hydrogen-bond acceptors (Lipinski definition) is 2. The van der Waals surface area contributed by atoms with E-state index in [1.165, 1.54) is 0 Å².